The van der Waals surface area contributed by atoms with Crippen molar-refractivity contribution in [3.05, 3.63) is 52.2 Å². The summed E-state index contributed by atoms with van der Waals surface area (Å²) in [6.07, 6.45) is 3.64. The third-order valence-corrected chi connectivity index (χ3v) is 7.56. The Morgan fingerprint density at radius 2 is 2.00 bits per heavy atom. The molecule has 0 saturated carbocycles. The van der Waals surface area contributed by atoms with Gasteiger partial charge in [0.25, 0.3) is 0 Å². The molecule has 8 heteroatoms. The number of thiophene rings is 1. The second-order valence-electron chi connectivity index (χ2n) is 7.84. The summed E-state index contributed by atoms with van der Waals surface area (Å²) in [5.41, 5.74) is 0.980. The van der Waals surface area contributed by atoms with E-state index in [1.54, 1.807) is 12.1 Å². The van der Waals surface area contributed by atoms with E-state index in [0.717, 1.165) is 31.2 Å². The Bertz CT molecular complexity index is 925. The molecule has 3 rings (SSSR count). The molecule has 1 aliphatic heterocycles. The molecular weight excluding hydrogens is 416 g/mol. The molecule has 0 aliphatic carbocycles. The molecule has 1 saturated heterocycles. The number of nitrogens with zero attached hydrogens (tertiary/aromatic N) is 2. The van der Waals surface area contributed by atoms with E-state index < -0.39 is 9.84 Å². The Morgan fingerprint density at radius 3 is 2.63 bits per heavy atom. The molecule has 1 aromatic heterocycles. The van der Waals surface area contributed by atoms with Crippen LogP contribution in [0.2, 0.25) is 0 Å². The average Bonchev–Trinajstić information content (AvgIpc) is 3.24. The lowest BCUT2D eigenvalue weighted by Crippen LogP contribution is -2.44. The molecule has 6 nitrogen and oxygen atoms in total. The maximum Gasteiger partial charge on any atom is 0.191 e. The van der Waals surface area contributed by atoms with Crippen LogP contribution >= 0.6 is 11.3 Å². The van der Waals surface area contributed by atoms with Gasteiger partial charge in [-0.2, -0.15) is 0 Å². The molecule has 0 bridgehead atoms. The quantitative estimate of drug-likeness (QED) is 0.502. The minimum absolute atomic E-state index is 0.335. The van der Waals surface area contributed by atoms with Crippen molar-refractivity contribution in [2.75, 3.05) is 32.9 Å². The molecule has 2 unspecified atom stereocenters. The van der Waals surface area contributed by atoms with E-state index in [4.69, 9.17) is 4.99 Å². The molecular formula is C22H32N4O2S2. The van der Waals surface area contributed by atoms with Crippen molar-refractivity contribution in [1.29, 1.82) is 0 Å². The summed E-state index contributed by atoms with van der Waals surface area (Å²) in [6.45, 7) is 5.35. The minimum atomic E-state index is -3.17. The summed E-state index contributed by atoms with van der Waals surface area (Å²) in [5.74, 6) is 1.32. The number of likely N-dealkylation sites (tertiary alicyclic amines) is 1. The third-order valence-electron chi connectivity index (χ3n) is 5.49. The maximum atomic E-state index is 11.6. The fourth-order valence-corrected chi connectivity index (χ4v) is 5.58. The Morgan fingerprint density at radius 1 is 1.23 bits per heavy atom. The van der Waals surface area contributed by atoms with Crippen LogP contribution in [0.1, 0.15) is 36.2 Å². The Kier molecular flexibility index (Phi) is 7.91. The van der Waals surface area contributed by atoms with E-state index in [0.29, 0.717) is 23.4 Å². The van der Waals surface area contributed by atoms with Crippen LogP contribution in [0, 0.1) is 5.92 Å². The topological polar surface area (TPSA) is 73.8 Å². The van der Waals surface area contributed by atoms with Gasteiger partial charge in [0.1, 0.15) is 0 Å². The fraction of sp³-hybridized carbons (Fsp3) is 0.500. The first-order chi connectivity index (χ1) is 14.4. The molecule has 1 fully saturated rings. The van der Waals surface area contributed by atoms with Gasteiger partial charge >= 0.3 is 0 Å². The van der Waals surface area contributed by atoms with Gasteiger partial charge in [0, 0.05) is 30.3 Å². The van der Waals surface area contributed by atoms with Crippen molar-refractivity contribution in [1.82, 2.24) is 15.5 Å². The van der Waals surface area contributed by atoms with E-state index in [-0.39, 0.29) is 0 Å². The molecule has 2 N–H and O–H groups in total. The lowest BCUT2D eigenvalue weighted by molar-refractivity contribution is 0.125. The summed E-state index contributed by atoms with van der Waals surface area (Å²) in [5, 5.41) is 9.01. The van der Waals surface area contributed by atoms with Crippen molar-refractivity contribution in [3.8, 4) is 0 Å². The molecule has 0 radical (unpaired) electrons. The molecule has 0 amide bonds. The van der Waals surface area contributed by atoms with E-state index >= 15 is 0 Å². The first kappa shape index (κ1) is 22.8. The molecule has 30 heavy (non-hydrogen) atoms. The summed E-state index contributed by atoms with van der Waals surface area (Å²) < 4.78 is 23.2. The standard InChI is InChI=1S/C22H32N4O2S2/c1-4-23-22(24-15-17-9-11-19(12-10-17)30(3,27)28)25-16-18-7-5-13-26(2)21(18)20-8-6-14-29-20/h6,8-12,14,18,21H,4-5,7,13,15-16H2,1-3H3,(H2,23,24,25). The zero-order valence-corrected chi connectivity index (χ0v) is 19.6. The van der Waals surface area contributed by atoms with Crippen LogP contribution in [-0.4, -0.2) is 52.2 Å². The molecule has 164 valence electrons. The summed E-state index contributed by atoms with van der Waals surface area (Å²) in [4.78, 5) is 8.93. The van der Waals surface area contributed by atoms with E-state index in [1.807, 2.05) is 23.5 Å². The van der Waals surface area contributed by atoms with Crippen molar-refractivity contribution in [3.63, 3.8) is 0 Å². The highest BCUT2D eigenvalue weighted by Crippen LogP contribution is 2.36. The van der Waals surface area contributed by atoms with Gasteiger partial charge in [-0.05, 0) is 68.4 Å². The van der Waals surface area contributed by atoms with Gasteiger partial charge in [-0.1, -0.05) is 18.2 Å². The van der Waals surface area contributed by atoms with Gasteiger partial charge in [0.15, 0.2) is 15.8 Å². The van der Waals surface area contributed by atoms with Crippen LogP contribution in [0.4, 0.5) is 0 Å². The monoisotopic (exact) mass is 448 g/mol. The molecule has 2 atom stereocenters. The van der Waals surface area contributed by atoms with Crippen LogP contribution in [-0.2, 0) is 16.4 Å². The smallest absolute Gasteiger partial charge is 0.191 e. The van der Waals surface area contributed by atoms with Crippen LogP contribution in [0.3, 0.4) is 0 Å². The van der Waals surface area contributed by atoms with E-state index in [9.17, 15) is 8.42 Å². The summed E-state index contributed by atoms with van der Waals surface area (Å²) in [7, 11) is -0.954. The van der Waals surface area contributed by atoms with Gasteiger partial charge in [-0.3, -0.25) is 4.90 Å². The van der Waals surface area contributed by atoms with Crippen molar-refractivity contribution < 1.29 is 8.42 Å². The number of benzene rings is 1. The van der Waals surface area contributed by atoms with Gasteiger partial charge in [0.2, 0.25) is 0 Å². The molecule has 1 aliphatic rings. The first-order valence-electron chi connectivity index (χ1n) is 10.4. The summed E-state index contributed by atoms with van der Waals surface area (Å²) in [6, 6.07) is 11.8. The number of sulfone groups is 1. The number of guanidine groups is 1. The normalized spacial score (nSPS) is 20.8. The number of nitrogens with one attached hydrogen (secondary N) is 2. The average molecular weight is 449 g/mol. The zero-order chi connectivity index (χ0) is 21.6. The lowest BCUT2D eigenvalue weighted by Gasteiger charge is -2.39. The Hall–Kier alpha value is -1.90. The highest BCUT2D eigenvalue weighted by atomic mass is 32.2. The Balaban J connectivity index is 1.64. The fourth-order valence-electron chi connectivity index (χ4n) is 3.96. The van der Waals surface area contributed by atoms with Crippen molar-refractivity contribution >= 4 is 27.1 Å². The highest BCUT2D eigenvalue weighted by Gasteiger charge is 2.31. The second kappa shape index (κ2) is 10.4. The second-order valence-corrected chi connectivity index (χ2v) is 10.8. The zero-order valence-electron chi connectivity index (χ0n) is 18.0. The largest absolute Gasteiger partial charge is 0.357 e. The predicted octanol–water partition coefficient (Wildman–Crippen LogP) is 3.29. The minimum Gasteiger partial charge on any atom is -0.357 e. The number of rotatable bonds is 7. The molecule has 1 aromatic carbocycles. The molecule has 0 spiro atoms. The third kappa shape index (κ3) is 6.06. The number of hydrogen-bond donors (Lipinski definition) is 2. The van der Waals surface area contributed by atoms with Gasteiger partial charge in [0.05, 0.1) is 11.4 Å². The Labute approximate surface area is 184 Å². The SMILES string of the molecule is CCNC(=NCc1ccc(S(C)(=O)=O)cc1)NCC1CCCN(C)C1c1cccs1. The predicted molar refractivity (Wildman–Crippen MR) is 125 cm³/mol. The van der Waals surface area contributed by atoms with Crippen LogP contribution in [0.15, 0.2) is 51.7 Å². The lowest BCUT2D eigenvalue weighted by atomic mass is 9.88. The maximum absolute atomic E-state index is 11.6. The highest BCUT2D eigenvalue weighted by molar-refractivity contribution is 7.90. The van der Waals surface area contributed by atoms with E-state index in [2.05, 4.69) is 47.0 Å². The van der Waals surface area contributed by atoms with Crippen molar-refractivity contribution in [2.24, 2.45) is 10.9 Å². The number of piperidine rings is 1. The first-order valence-corrected chi connectivity index (χ1v) is 13.2. The van der Waals surface area contributed by atoms with Crippen LogP contribution < -0.4 is 10.6 Å². The van der Waals surface area contributed by atoms with Crippen LogP contribution in [0.25, 0.3) is 0 Å². The van der Waals surface area contributed by atoms with Gasteiger partial charge < -0.3 is 10.6 Å². The van der Waals surface area contributed by atoms with Crippen molar-refractivity contribution in [2.45, 2.75) is 37.2 Å². The van der Waals surface area contributed by atoms with Gasteiger partial charge in [-0.25, -0.2) is 13.4 Å². The number of hydrogen-bond acceptors (Lipinski definition) is 5. The van der Waals surface area contributed by atoms with Gasteiger partial charge in [-0.15, -0.1) is 11.3 Å². The summed E-state index contributed by atoms with van der Waals surface area (Å²) >= 11 is 1.83. The van der Waals surface area contributed by atoms with Crippen LogP contribution in [0.5, 0.6) is 0 Å². The van der Waals surface area contributed by atoms with E-state index in [1.165, 1.54) is 24.0 Å². The molecule has 2 heterocycles. The molecule has 2 aromatic rings. The number of aliphatic imine (C=N–C) groups is 1.